The number of nitrogens with zero attached hydrogens (tertiary/aromatic N) is 4. The molecule has 1 aromatic carbocycles. The summed E-state index contributed by atoms with van der Waals surface area (Å²) in [6, 6.07) is 12.6. The molecular formula is C23H21N5O4. The number of pyridine rings is 1. The van der Waals surface area contributed by atoms with Crippen molar-refractivity contribution in [2.24, 2.45) is 0 Å². The highest BCUT2D eigenvalue weighted by molar-refractivity contribution is 5.87. The summed E-state index contributed by atoms with van der Waals surface area (Å²) in [5.74, 6) is 0.413. The first-order valence-electron chi connectivity index (χ1n) is 10.1. The molecule has 3 heterocycles. The van der Waals surface area contributed by atoms with Gasteiger partial charge in [0, 0.05) is 24.6 Å². The van der Waals surface area contributed by atoms with Crippen molar-refractivity contribution in [3.05, 3.63) is 60.0 Å². The molecule has 0 radical (unpaired) electrons. The second-order valence-electron chi connectivity index (χ2n) is 7.07. The third-order valence-electron chi connectivity index (χ3n) is 4.93. The smallest absolute Gasteiger partial charge is 0.356 e. The molecule has 162 valence electrons. The summed E-state index contributed by atoms with van der Waals surface area (Å²) in [5.41, 5.74) is 2.69. The van der Waals surface area contributed by atoms with E-state index in [2.05, 4.69) is 31.1 Å². The number of ether oxygens (including phenoxy) is 3. The molecule has 0 unspecified atom stereocenters. The normalized spacial score (nSPS) is 13.8. The maximum atomic E-state index is 11.5. The van der Waals surface area contributed by atoms with E-state index in [1.807, 2.05) is 6.07 Å². The van der Waals surface area contributed by atoms with Crippen LogP contribution in [0.2, 0.25) is 0 Å². The van der Waals surface area contributed by atoms with Crippen molar-refractivity contribution in [2.75, 3.05) is 25.6 Å². The summed E-state index contributed by atoms with van der Waals surface area (Å²) in [4.78, 5) is 24.3. The summed E-state index contributed by atoms with van der Waals surface area (Å²) >= 11 is 0. The molecule has 9 nitrogen and oxygen atoms in total. The molecule has 1 fully saturated rings. The van der Waals surface area contributed by atoms with Crippen LogP contribution in [0.3, 0.4) is 0 Å². The highest BCUT2D eigenvalue weighted by Gasteiger charge is 2.17. The fourth-order valence-corrected chi connectivity index (χ4v) is 3.25. The molecule has 1 aliphatic rings. The number of methoxy groups -OCH3 is 1. The van der Waals surface area contributed by atoms with E-state index in [4.69, 9.17) is 9.47 Å². The molecule has 3 aromatic rings. The topological polar surface area (TPSA) is 119 Å². The van der Waals surface area contributed by atoms with Crippen molar-refractivity contribution in [3.8, 4) is 23.1 Å². The molecule has 1 aliphatic heterocycles. The SMILES string of the molecule is COC(=O)c1ccc(Nc2nccc(-c3ccc(OC4CCOCC4)c(C#N)c3)n2)cn1. The van der Waals surface area contributed by atoms with E-state index in [1.165, 1.54) is 13.3 Å². The largest absolute Gasteiger partial charge is 0.489 e. The Morgan fingerprint density at radius 3 is 2.75 bits per heavy atom. The lowest BCUT2D eigenvalue weighted by Gasteiger charge is -2.23. The maximum absolute atomic E-state index is 11.5. The number of hydrogen-bond acceptors (Lipinski definition) is 9. The number of carbonyl (C=O) groups is 1. The number of carbonyl (C=O) groups excluding carboxylic acids is 1. The third-order valence-corrected chi connectivity index (χ3v) is 4.93. The number of benzene rings is 1. The summed E-state index contributed by atoms with van der Waals surface area (Å²) in [5, 5.41) is 12.7. The van der Waals surface area contributed by atoms with Crippen LogP contribution in [0.1, 0.15) is 28.9 Å². The lowest BCUT2D eigenvalue weighted by Crippen LogP contribution is -2.26. The Labute approximate surface area is 185 Å². The fourth-order valence-electron chi connectivity index (χ4n) is 3.25. The number of esters is 1. The quantitative estimate of drug-likeness (QED) is 0.585. The number of nitrogens with one attached hydrogen (secondary N) is 1. The van der Waals surface area contributed by atoms with Gasteiger partial charge in [-0.25, -0.2) is 19.7 Å². The Bertz CT molecular complexity index is 1140. The summed E-state index contributed by atoms with van der Waals surface area (Å²) in [6.45, 7) is 1.34. The molecule has 0 bridgehead atoms. The molecule has 0 saturated carbocycles. The predicted molar refractivity (Wildman–Crippen MR) is 116 cm³/mol. The number of hydrogen-bond donors (Lipinski definition) is 1. The number of aromatic nitrogens is 3. The van der Waals surface area contributed by atoms with Crippen molar-refractivity contribution in [1.29, 1.82) is 5.26 Å². The van der Waals surface area contributed by atoms with Gasteiger partial charge in [0.1, 0.15) is 23.6 Å². The van der Waals surface area contributed by atoms with Gasteiger partial charge in [0.05, 0.1) is 43.5 Å². The molecule has 9 heteroatoms. The molecule has 0 atom stereocenters. The summed E-state index contributed by atoms with van der Waals surface area (Å²) in [6.07, 6.45) is 4.79. The molecule has 32 heavy (non-hydrogen) atoms. The van der Waals surface area contributed by atoms with Gasteiger partial charge in [-0.05, 0) is 36.4 Å². The summed E-state index contributed by atoms with van der Waals surface area (Å²) in [7, 11) is 1.30. The lowest BCUT2D eigenvalue weighted by atomic mass is 10.1. The van der Waals surface area contributed by atoms with E-state index in [0.29, 0.717) is 41.9 Å². The number of anilines is 2. The van der Waals surface area contributed by atoms with Gasteiger partial charge < -0.3 is 19.5 Å². The van der Waals surface area contributed by atoms with Gasteiger partial charge in [0.25, 0.3) is 0 Å². The molecule has 1 saturated heterocycles. The average Bonchev–Trinajstić information content (AvgIpc) is 2.85. The first-order valence-corrected chi connectivity index (χ1v) is 10.1. The molecule has 0 spiro atoms. The van der Waals surface area contributed by atoms with Gasteiger partial charge in [0.2, 0.25) is 5.95 Å². The van der Waals surface area contributed by atoms with Crippen LogP contribution >= 0.6 is 0 Å². The Balaban J connectivity index is 1.51. The Morgan fingerprint density at radius 2 is 2.03 bits per heavy atom. The van der Waals surface area contributed by atoms with Crippen molar-refractivity contribution in [2.45, 2.75) is 18.9 Å². The Kier molecular flexibility index (Phi) is 6.53. The number of rotatable bonds is 6. The van der Waals surface area contributed by atoms with Crippen molar-refractivity contribution in [3.63, 3.8) is 0 Å². The first-order chi connectivity index (χ1) is 15.7. The minimum Gasteiger partial charge on any atom is -0.489 e. The first kappa shape index (κ1) is 21.2. The van der Waals surface area contributed by atoms with Crippen LogP contribution in [-0.4, -0.2) is 47.3 Å². The summed E-state index contributed by atoms with van der Waals surface area (Å²) < 4.78 is 16.0. The van der Waals surface area contributed by atoms with Gasteiger partial charge in [-0.1, -0.05) is 0 Å². The van der Waals surface area contributed by atoms with Crippen molar-refractivity contribution in [1.82, 2.24) is 15.0 Å². The van der Waals surface area contributed by atoms with Crippen LogP contribution in [0.25, 0.3) is 11.3 Å². The predicted octanol–water partition coefficient (Wildman–Crippen LogP) is 3.50. The molecule has 4 rings (SSSR count). The number of nitriles is 1. The molecular weight excluding hydrogens is 410 g/mol. The van der Waals surface area contributed by atoms with E-state index < -0.39 is 5.97 Å². The zero-order valence-electron chi connectivity index (χ0n) is 17.4. The maximum Gasteiger partial charge on any atom is 0.356 e. The van der Waals surface area contributed by atoms with Crippen LogP contribution in [0.5, 0.6) is 5.75 Å². The Hall–Kier alpha value is -4.03. The molecule has 0 amide bonds. The van der Waals surface area contributed by atoms with Gasteiger partial charge in [0.15, 0.2) is 0 Å². The van der Waals surface area contributed by atoms with E-state index in [0.717, 1.165) is 18.4 Å². The average molecular weight is 431 g/mol. The van der Waals surface area contributed by atoms with Gasteiger partial charge >= 0.3 is 5.97 Å². The van der Waals surface area contributed by atoms with Crippen LogP contribution in [0.4, 0.5) is 11.6 Å². The fraction of sp³-hybridized carbons (Fsp3) is 0.261. The van der Waals surface area contributed by atoms with Crippen LogP contribution < -0.4 is 10.1 Å². The zero-order valence-corrected chi connectivity index (χ0v) is 17.4. The van der Waals surface area contributed by atoms with Crippen molar-refractivity contribution < 1.29 is 19.0 Å². The van der Waals surface area contributed by atoms with Crippen LogP contribution in [0.15, 0.2) is 48.8 Å². The monoisotopic (exact) mass is 431 g/mol. The van der Waals surface area contributed by atoms with Gasteiger partial charge in [-0.15, -0.1) is 0 Å². The standard InChI is InChI=1S/C23H21N5O4/c1-30-22(29)20-4-3-17(14-26-20)27-23-25-9-6-19(28-23)15-2-5-21(16(12-15)13-24)32-18-7-10-31-11-8-18/h2-6,9,12,14,18H,7-8,10-11H2,1H3,(H,25,27,28). The van der Waals surface area contributed by atoms with E-state index in [9.17, 15) is 10.1 Å². The third kappa shape index (κ3) is 4.99. The minimum absolute atomic E-state index is 0.0516. The minimum atomic E-state index is -0.507. The van der Waals surface area contributed by atoms with E-state index in [-0.39, 0.29) is 11.8 Å². The van der Waals surface area contributed by atoms with E-state index >= 15 is 0 Å². The van der Waals surface area contributed by atoms with Crippen LogP contribution in [0, 0.1) is 11.3 Å². The second-order valence-corrected chi connectivity index (χ2v) is 7.07. The highest BCUT2D eigenvalue weighted by atomic mass is 16.5. The van der Waals surface area contributed by atoms with E-state index in [1.54, 1.807) is 36.5 Å². The van der Waals surface area contributed by atoms with Crippen molar-refractivity contribution >= 4 is 17.6 Å². The van der Waals surface area contributed by atoms with Gasteiger partial charge in [-0.2, -0.15) is 5.26 Å². The zero-order chi connectivity index (χ0) is 22.3. The van der Waals surface area contributed by atoms with Gasteiger partial charge in [-0.3, -0.25) is 0 Å². The lowest BCUT2D eigenvalue weighted by molar-refractivity contribution is 0.0254. The molecule has 0 aliphatic carbocycles. The molecule has 2 aromatic heterocycles. The highest BCUT2D eigenvalue weighted by Crippen LogP contribution is 2.28. The van der Waals surface area contributed by atoms with Crippen LogP contribution in [-0.2, 0) is 9.47 Å². The Morgan fingerprint density at radius 1 is 1.19 bits per heavy atom. The second kappa shape index (κ2) is 9.85. The molecule has 1 N–H and O–H groups in total.